The summed E-state index contributed by atoms with van der Waals surface area (Å²) in [4.78, 5) is 0. The molecule has 80 valence electrons. The van der Waals surface area contributed by atoms with Crippen LogP contribution < -0.4 is 5.32 Å². The topological polar surface area (TPSA) is 12.0 Å². The largest absolute Gasteiger partial charge is 0.382 e. The molecule has 0 aromatic heterocycles. The van der Waals surface area contributed by atoms with Crippen molar-refractivity contribution in [2.45, 2.75) is 31.7 Å². The van der Waals surface area contributed by atoms with Crippen molar-refractivity contribution in [1.82, 2.24) is 0 Å². The van der Waals surface area contributed by atoms with Crippen molar-refractivity contribution >= 4 is 21.6 Å². The monoisotopic (exact) mass is 269 g/mol. The summed E-state index contributed by atoms with van der Waals surface area (Å²) in [6.45, 7) is 0. The van der Waals surface area contributed by atoms with Gasteiger partial charge in [-0.1, -0.05) is 0 Å². The molecule has 1 aliphatic carbocycles. The maximum absolute atomic E-state index is 13.4. The van der Waals surface area contributed by atoms with E-state index in [1.54, 1.807) is 6.07 Å². The van der Waals surface area contributed by atoms with E-state index in [0.717, 1.165) is 18.0 Å². The van der Waals surface area contributed by atoms with E-state index in [0.29, 0.717) is 10.5 Å². The molecular formula is C12H13BrFN. The van der Waals surface area contributed by atoms with Crippen LogP contribution in [0, 0.1) is 11.7 Å². The van der Waals surface area contributed by atoms with Crippen LogP contribution in [0.25, 0.3) is 0 Å². The third-order valence-corrected chi connectivity index (χ3v) is 4.01. The zero-order valence-corrected chi connectivity index (χ0v) is 9.98. The molecule has 1 atom stereocenters. The molecule has 1 unspecified atom stereocenters. The quantitative estimate of drug-likeness (QED) is 0.820. The number of benzene rings is 1. The molecule has 1 aromatic rings. The van der Waals surface area contributed by atoms with E-state index in [2.05, 4.69) is 21.2 Å². The highest BCUT2D eigenvalue weighted by Gasteiger charge is 2.33. The Kier molecular flexibility index (Phi) is 2.23. The average molecular weight is 270 g/mol. The normalized spacial score (nSPS) is 24.5. The van der Waals surface area contributed by atoms with Crippen LogP contribution in [-0.2, 0) is 6.42 Å². The lowest BCUT2D eigenvalue weighted by Crippen LogP contribution is -2.27. The first-order valence-corrected chi connectivity index (χ1v) is 6.28. The highest BCUT2D eigenvalue weighted by atomic mass is 79.9. The van der Waals surface area contributed by atoms with Gasteiger partial charge in [-0.15, -0.1) is 0 Å². The summed E-state index contributed by atoms with van der Waals surface area (Å²) < 4.78 is 13.9. The number of aryl methyl sites for hydroxylation is 1. The lowest BCUT2D eigenvalue weighted by atomic mass is 9.95. The highest BCUT2D eigenvalue weighted by molar-refractivity contribution is 9.10. The number of anilines is 1. The molecule has 0 saturated heterocycles. The molecule has 2 aliphatic rings. The fraction of sp³-hybridized carbons (Fsp3) is 0.500. The Labute approximate surface area is 97.2 Å². The molecule has 0 spiro atoms. The maximum atomic E-state index is 13.4. The summed E-state index contributed by atoms with van der Waals surface area (Å²) >= 11 is 3.23. The van der Waals surface area contributed by atoms with Gasteiger partial charge in [0.2, 0.25) is 0 Å². The predicted molar refractivity (Wildman–Crippen MR) is 62.6 cm³/mol. The molecule has 0 amide bonds. The Morgan fingerprint density at radius 2 is 2.07 bits per heavy atom. The summed E-state index contributed by atoms with van der Waals surface area (Å²) in [5.41, 5.74) is 2.24. The van der Waals surface area contributed by atoms with Gasteiger partial charge >= 0.3 is 0 Å². The van der Waals surface area contributed by atoms with Crippen molar-refractivity contribution in [2.75, 3.05) is 5.32 Å². The molecule has 0 radical (unpaired) electrons. The molecule has 1 fully saturated rings. The first-order chi connectivity index (χ1) is 7.24. The Balaban J connectivity index is 1.91. The lowest BCUT2D eigenvalue weighted by Gasteiger charge is -2.27. The minimum Gasteiger partial charge on any atom is -0.382 e. The first-order valence-electron chi connectivity index (χ1n) is 5.48. The Morgan fingerprint density at radius 1 is 1.27 bits per heavy atom. The van der Waals surface area contributed by atoms with Crippen molar-refractivity contribution in [1.29, 1.82) is 0 Å². The minimum atomic E-state index is -0.169. The second-order valence-corrected chi connectivity index (χ2v) is 5.40. The van der Waals surface area contributed by atoms with E-state index in [-0.39, 0.29) is 5.82 Å². The number of fused-ring (bicyclic) bond motifs is 1. The number of hydrogen-bond donors (Lipinski definition) is 1. The van der Waals surface area contributed by atoms with Gasteiger partial charge in [0, 0.05) is 11.7 Å². The third-order valence-electron chi connectivity index (χ3n) is 3.40. The molecule has 3 rings (SSSR count). The van der Waals surface area contributed by atoms with Gasteiger partial charge in [-0.05, 0) is 65.2 Å². The zero-order chi connectivity index (χ0) is 10.4. The van der Waals surface area contributed by atoms with Crippen LogP contribution >= 0.6 is 15.9 Å². The second kappa shape index (κ2) is 3.48. The molecular weight excluding hydrogens is 257 g/mol. The van der Waals surface area contributed by atoms with E-state index < -0.39 is 0 Å². The molecule has 1 nitrogen and oxygen atoms in total. The molecule has 15 heavy (non-hydrogen) atoms. The first kappa shape index (κ1) is 9.64. The second-order valence-electron chi connectivity index (χ2n) is 4.55. The summed E-state index contributed by atoms with van der Waals surface area (Å²) in [6, 6.07) is 4.10. The third kappa shape index (κ3) is 1.78. The van der Waals surface area contributed by atoms with Gasteiger partial charge in [0.15, 0.2) is 0 Å². The molecule has 1 aromatic carbocycles. The van der Waals surface area contributed by atoms with Crippen molar-refractivity contribution in [2.24, 2.45) is 5.92 Å². The fourth-order valence-electron chi connectivity index (χ4n) is 2.36. The van der Waals surface area contributed by atoms with Gasteiger partial charge in [-0.25, -0.2) is 4.39 Å². The van der Waals surface area contributed by atoms with Crippen molar-refractivity contribution in [3.63, 3.8) is 0 Å². The highest BCUT2D eigenvalue weighted by Crippen LogP contribution is 2.40. The van der Waals surface area contributed by atoms with Crippen LogP contribution in [0.4, 0.5) is 10.1 Å². The molecule has 1 saturated carbocycles. The van der Waals surface area contributed by atoms with E-state index in [4.69, 9.17) is 0 Å². The number of nitrogens with one attached hydrogen (secondary N) is 1. The van der Waals surface area contributed by atoms with Crippen molar-refractivity contribution < 1.29 is 4.39 Å². The summed E-state index contributed by atoms with van der Waals surface area (Å²) in [6.07, 6.45) is 4.94. The molecule has 3 heteroatoms. The molecule has 1 N–H and O–H groups in total. The van der Waals surface area contributed by atoms with Crippen LogP contribution in [0.15, 0.2) is 16.6 Å². The van der Waals surface area contributed by atoms with Crippen LogP contribution in [-0.4, -0.2) is 6.04 Å². The van der Waals surface area contributed by atoms with Crippen LogP contribution in [0.5, 0.6) is 0 Å². The number of halogens is 2. The standard InChI is InChI=1S/C12H13BrFN/c13-9-5-8-3-4-11(7-1-2-7)15-12(8)6-10(9)14/h5-7,11,15H,1-4H2. The smallest absolute Gasteiger partial charge is 0.139 e. The van der Waals surface area contributed by atoms with Gasteiger partial charge in [0.05, 0.1) is 4.47 Å². The molecule has 0 bridgehead atoms. The predicted octanol–water partition coefficient (Wildman–Crippen LogP) is 3.72. The SMILES string of the molecule is Fc1cc2c(cc1Br)CCC(C1CC1)N2. The van der Waals surface area contributed by atoms with Gasteiger partial charge in [-0.3, -0.25) is 0 Å². The van der Waals surface area contributed by atoms with E-state index >= 15 is 0 Å². The van der Waals surface area contributed by atoms with E-state index in [1.165, 1.54) is 24.8 Å². The van der Waals surface area contributed by atoms with Crippen LogP contribution in [0.3, 0.4) is 0 Å². The summed E-state index contributed by atoms with van der Waals surface area (Å²) in [5.74, 6) is 0.669. The molecule has 1 heterocycles. The average Bonchev–Trinajstić information content (AvgIpc) is 3.02. The van der Waals surface area contributed by atoms with Crippen molar-refractivity contribution in [3.8, 4) is 0 Å². The minimum absolute atomic E-state index is 0.169. The number of rotatable bonds is 1. The summed E-state index contributed by atoms with van der Waals surface area (Å²) in [7, 11) is 0. The Hall–Kier alpha value is -0.570. The Bertz CT molecular complexity index is 401. The van der Waals surface area contributed by atoms with Gasteiger partial charge in [0.1, 0.15) is 5.82 Å². The number of hydrogen-bond acceptors (Lipinski definition) is 1. The maximum Gasteiger partial charge on any atom is 0.139 e. The summed E-state index contributed by atoms with van der Waals surface area (Å²) in [5, 5.41) is 3.47. The van der Waals surface area contributed by atoms with Gasteiger partial charge in [-0.2, -0.15) is 0 Å². The Morgan fingerprint density at radius 3 is 2.80 bits per heavy atom. The fourth-order valence-corrected chi connectivity index (χ4v) is 2.76. The lowest BCUT2D eigenvalue weighted by molar-refractivity contribution is 0.564. The molecule has 1 aliphatic heterocycles. The van der Waals surface area contributed by atoms with Crippen molar-refractivity contribution in [3.05, 3.63) is 28.0 Å². The van der Waals surface area contributed by atoms with Crippen LogP contribution in [0.2, 0.25) is 0 Å². The van der Waals surface area contributed by atoms with E-state index in [9.17, 15) is 4.39 Å². The van der Waals surface area contributed by atoms with E-state index in [1.807, 2.05) is 6.07 Å². The van der Waals surface area contributed by atoms with Gasteiger partial charge in [0.25, 0.3) is 0 Å². The zero-order valence-electron chi connectivity index (χ0n) is 8.39. The van der Waals surface area contributed by atoms with Gasteiger partial charge < -0.3 is 5.32 Å². The van der Waals surface area contributed by atoms with Crippen LogP contribution in [0.1, 0.15) is 24.8 Å².